The molecule has 0 aromatic carbocycles. The minimum absolute atomic E-state index is 0.496. The summed E-state index contributed by atoms with van der Waals surface area (Å²) < 4.78 is 6.49. The maximum Gasteiger partial charge on any atom is 0.241 e. The molecule has 27 heavy (non-hydrogen) atoms. The lowest BCUT2D eigenvalue weighted by atomic mass is 9.41. The zero-order valence-electron chi connectivity index (χ0n) is 19.3. The van der Waals surface area contributed by atoms with Gasteiger partial charge in [0.05, 0.1) is 5.76 Å². The number of fused-ring (bicyclic) bond motifs is 5. The lowest BCUT2D eigenvalue weighted by Gasteiger charge is -2.63. The standard InChI is InChI=1S/C25H44OSi/c1-16-9-10-20-23-18(3)17(2)22-15-19(26-27(6,7)8)11-13-25(22,5)21(23)12-14-24(16,20)4/h15-18,20-23H,9-14H2,1-8H3/t16-,17-,18?,20?,21?,22?,23?,24+,25+/m0/s1. The van der Waals surface area contributed by atoms with Crippen LogP contribution in [0.25, 0.3) is 0 Å². The van der Waals surface area contributed by atoms with E-state index in [0.717, 1.165) is 41.4 Å². The van der Waals surface area contributed by atoms with Crippen molar-refractivity contribution in [3.8, 4) is 0 Å². The second-order valence-corrected chi connectivity index (χ2v) is 16.8. The third kappa shape index (κ3) is 2.99. The molecular weight excluding hydrogens is 344 g/mol. The predicted molar refractivity (Wildman–Crippen MR) is 118 cm³/mol. The molecule has 0 aromatic heterocycles. The Kier molecular flexibility index (Phi) is 4.73. The molecule has 0 heterocycles. The van der Waals surface area contributed by atoms with Crippen molar-refractivity contribution in [2.75, 3.05) is 0 Å². The fraction of sp³-hybridized carbons (Fsp3) is 0.920. The smallest absolute Gasteiger partial charge is 0.241 e. The molecule has 5 unspecified atom stereocenters. The lowest BCUT2D eigenvalue weighted by molar-refractivity contribution is -0.139. The Bertz CT molecular complexity index is 618. The molecular formula is C25H44OSi. The summed E-state index contributed by atoms with van der Waals surface area (Å²) in [5.41, 5.74) is 1.12. The Morgan fingerprint density at radius 3 is 2.22 bits per heavy atom. The Hall–Kier alpha value is -0.243. The van der Waals surface area contributed by atoms with Crippen LogP contribution in [-0.4, -0.2) is 8.32 Å². The molecule has 0 amide bonds. The van der Waals surface area contributed by atoms with Crippen LogP contribution in [0.3, 0.4) is 0 Å². The quantitative estimate of drug-likeness (QED) is 0.445. The van der Waals surface area contributed by atoms with Crippen molar-refractivity contribution >= 4 is 8.32 Å². The molecule has 154 valence electrons. The van der Waals surface area contributed by atoms with E-state index in [9.17, 15) is 0 Å². The monoisotopic (exact) mass is 388 g/mol. The second kappa shape index (κ2) is 6.38. The third-order valence-electron chi connectivity index (χ3n) is 10.1. The van der Waals surface area contributed by atoms with Crippen LogP contribution in [0, 0.1) is 52.3 Å². The van der Waals surface area contributed by atoms with Gasteiger partial charge < -0.3 is 4.43 Å². The van der Waals surface area contributed by atoms with Crippen molar-refractivity contribution in [1.29, 1.82) is 0 Å². The molecule has 0 radical (unpaired) electrons. The molecule has 2 heteroatoms. The maximum atomic E-state index is 6.49. The van der Waals surface area contributed by atoms with E-state index in [1.54, 1.807) is 0 Å². The van der Waals surface area contributed by atoms with Gasteiger partial charge in [-0.05, 0) is 110 Å². The van der Waals surface area contributed by atoms with Crippen LogP contribution in [0.4, 0.5) is 0 Å². The van der Waals surface area contributed by atoms with Gasteiger partial charge in [-0.2, -0.15) is 0 Å². The number of hydrogen-bond donors (Lipinski definition) is 0. The molecule has 0 aromatic rings. The van der Waals surface area contributed by atoms with Crippen molar-refractivity contribution in [1.82, 2.24) is 0 Å². The zero-order chi connectivity index (χ0) is 19.8. The van der Waals surface area contributed by atoms with Crippen LogP contribution in [0.5, 0.6) is 0 Å². The first kappa shape index (κ1) is 20.0. The highest BCUT2D eigenvalue weighted by Crippen LogP contribution is 2.69. The van der Waals surface area contributed by atoms with Gasteiger partial charge >= 0.3 is 0 Å². The van der Waals surface area contributed by atoms with Crippen molar-refractivity contribution in [2.24, 2.45) is 52.3 Å². The molecule has 0 spiro atoms. The van der Waals surface area contributed by atoms with Crippen LogP contribution in [0.1, 0.15) is 73.1 Å². The maximum absolute atomic E-state index is 6.49. The average molecular weight is 389 g/mol. The van der Waals surface area contributed by atoms with Gasteiger partial charge in [0.1, 0.15) is 0 Å². The van der Waals surface area contributed by atoms with E-state index in [1.807, 2.05) is 0 Å². The van der Waals surface area contributed by atoms with Crippen molar-refractivity contribution in [2.45, 2.75) is 92.8 Å². The molecule has 4 rings (SSSR count). The van der Waals surface area contributed by atoms with Gasteiger partial charge in [0.25, 0.3) is 0 Å². The topological polar surface area (TPSA) is 9.23 Å². The second-order valence-electron chi connectivity index (χ2n) is 12.4. The first-order valence-electron chi connectivity index (χ1n) is 11.9. The summed E-state index contributed by atoms with van der Waals surface area (Å²) in [5, 5.41) is 0. The highest BCUT2D eigenvalue weighted by atomic mass is 28.4. The Morgan fingerprint density at radius 2 is 1.56 bits per heavy atom. The molecule has 0 N–H and O–H groups in total. The Balaban J connectivity index is 1.67. The van der Waals surface area contributed by atoms with E-state index in [1.165, 1.54) is 44.3 Å². The first-order chi connectivity index (χ1) is 12.5. The normalized spacial score (nSPS) is 52.4. The van der Waals surface area contributed by atoms with Gasteiger partial charge in [-0.3, -0.25) is 0 Å². The lowest BCUT2D eigenvalue weighted by Crippen LogP contribution is -2.57. The Labute approximate surface area is 169 Å². The summed E-state index contributed by atoms with van der Waals surface area (Å²) in [6.07, 6.45) is 11.1. The molecule has 4 aliphatic carbocycles. The number of hydrogen-bond acceptors (Lipinski definition) is 1. The van der Waals surface area contributed by atoms with Crippen LogP contribution in [0.2, 0.25) is 19.6 Å². The predicted octanol–water partition coefficient (Wildman–Crippen LogP) is 7.50. The fourth-order valence-corrected chi connectivity index (χ4v) is 9.29. The molecule has 3 fully saturated rings. The van der Waals surface area contributed by atoms with Gasteiger partial charge in [-0.15, -0.1) is 0 Å². The number of rotatable bonds is 2. The summed E-state index contributed by atoms with van der Waals surface area (Å²) >= 11 is 0. The molecule has 0 aliphatic heterocycles. The van der Waals surface area contributed by atoms with Gasteiger partial charge in [0.2, 0.25) is 8.32 Å². The van der Waals surface area contributed by atoms with E-state index in [4.69, 9.17) is 4.43 Å². The van der Waals surface area contributed by atoms with Gasteiger partial charge in [0.15, 0.2) is 0 Å². The third-order valence-corrected chi connectivity index (χ3v) is 11.0. The largest absolute Gasteiger partial charge is 0.548 e. The molecule has 1 nitrogen and oxygen atoms in total. The average Bonchev–Trinajstić information content (AvgIpc) is 2.88. The van der Waals surface area contributed by atoms with Crippen LogP contribution < -0.4 is 0 Å². The van der Waals surface area contributed by atoms with Crippen LogP contribution in [-0.2, 0) is 4.43 Å². The number of allylic oxidation sites excluding steroid dienone is 2. The first-order valence-corrected chi connectivity index (χ1v) is 15.3. The Morgan fingerprint density at radius 1 is 0.889 bits per heavy atom. The summed E-state index contributed by atoms with van der Waals surface area (Å²) in [7, 11) is -1.50. The minimum Gasteiger partial charge on any atom is -0.548 e. The molecule has 9 atom stereocenters. The van der Waals surface area contributed by atoms with Gasteiger partial charge in [-0.1, -0.05) is 34.6 Å². The van der Waals surface area contributed by atoms with Crippen LogP contribution in [0.15, 0.2) is 11.8 Å². The van der Waals surface area contributed by atoms with E-state index >= 15 is 0 Å². The highest BCUT2D eigenvalue weighted by Gasteiger charge is 2.62. The summed E-state index contributed by atoms with van der Waals surface area (Å²) in [6, 6.07) is 0. The van der Waals surface area contributed by atoms with Crippen molar-refractivity contribution < 1.29 is 4.43 Å². The zero-order valence-corrected chi connectivity index (χ0v) is 20.3. The highest BCUT2D eigenvalue weighted by molar-refractivity contribution is 6.70. The SMILES string of the molecule is CC1C2C(CC[C@@]3(C)C2CC[C@@H]3C)[C@@]2(C)CCC(O[Si](C)(C)C)=CC2[C@H]1C. The fourth-order valence-electron chi connectivity index (χ4n) is 8.33. The summed E-state index contributed by atoms with van der Waals surface area (Å²) in [6.45, 7) is 20.0. The van der Waals surface area contributed by atoms with E-state index < -0.39 is 8.32 Å². The molecule has 3 saturated carbocycles. The van der Waals surface area contributed by atoms with Crippen molar-refractivity contribution in [3.05, 3.63) is 11.8 Å². The molecule has 4 aliphatic rings. The minimum atomic E-state index is -1.50. The van der Waals surface area contributed by atoms with Gasteiger partial charge in [0, 0.05) is 6.42 Å². The van der Waals surface area contributed by atoms with E-state index in [2.05, 4.69) is 60.3 Å². The molecule has 0 bridgehead atoms. The van der Waals surface area contributed by atoms with Crippen molar-refractivity contribution in [3.63, 3.8) is 0 Å². The van der Waals surface area contributed by atoms with Crippen LogP contribution >= 0.6 is 0 Å². The van der Waals surface area contributed by atoms with E-state index in [0.29, 0.717) is 10.8 Å². The summed E-state index contributed by atoms with van der Waals surface area (Å²) in [5.74, 6) is 7.49. The van der Waals surface area contributed by atoms with Gasteiger partial charge in [-0.25, -0.2) is 0 Å². The molecule has 0 saturated heterocycles. The van der Waals surface area contributed by atoms with E-state index in [-0.39, 0.29) is 0 Å². The summed E-state index contributed by atoms with van der Waals surface area (Å²) in [4.78, 5) is 0.